The van der Waals surface area contributed by atoms with Crippen LogP contribution in [0.25, 0.3) is 0 Å². The van der Waals surface area contributed by atoms with Crippen molar-refractivity contribution in [2.24, 2.45) is 0 Å². The lowest BCUT2D eigenvalue weighted by atomic mass is 10.2. The maximum absolute atomic E-state index is 12.0. The standard InChI is InChI=1S/C3F7NO2/c4-1(11(12)13,2(5,6)7)3(8,9)10. The number of alkyl halides is 7. The molecule has 0 heterocycles. The lowest BCUT2D eigenvalue weighted by Crippen LogP contribution is -2.58. The fraction of sp³-hybridized carbons (Fsp3) is 1.00. The molecule has 3 nitrogen and oxygen atoms in total. The van der Waals surface area contributed by atoms with Gasteiger partial charge in [-0.3, -0.25) is 10.1 Å². The van der Waals surface area contributed by atoms with Crippen molar-refractivity contribution in [1.82, 2.24) is 0 Å². The molecule has 0 aromatic rings. The molecule has 0 radical (unpaired) electrons. The van der Waals surface area contributed by atoms with E-state index >= 15 is 0 Å². The summed E-state index contributed by atoms with van der Waals surface area (Å²) < 4.78 is 79.9. The molecule has 0 saturated heterocycles. The van der Waals surface area contributed by atoms with Gasteiger partial charge in [0, 0.05) is 0 Å². The van der Waals surface area contributed by atoms with Gasteiger partial charge in [0.15, 0.2) is 0 Å². The number of nitrogens with zero attached hydrogens (tertiary/aromatic N) is 1. The van der Waals surface area contributed by atoms with Gasteiger partial charge in [-0.2, -0.15) is 26.3 Å². The smallest absolute Gasteiger partial charge is 0.261 e. The first-order valence-electron chi connectivity index (χ1n) is 2.41. The zero-order valence-electron chi connectivity index (χ0n) is 5.41. The molecule has 0 aromatic carbocycles. The average molecular weight is 215 g/mol. The van der Waals surface area contributed by atoms with E-state index in [2.05, 4.69) is 0 Å². The minimum absolute atomic E-state index is 3.06. The van der Waals surface area contributed by atoms with Gasteiger partial charge in [0.05, 0.1) is 4.92 Å². The highest BCUT2D eigenvalue weighted by Crippen LogP contribution is 2.46. The molecule has 0 aliphatic carbocycles. The molecule has 0 aliphatic heterocycles. The van der Waals surface area contributed by atoms with Crippen LogP contribution in [0.4, 0.5) is 30.7 Å². The Hall–Kier alpha value is -1.09. The highest BCUT2D eigenvalue weighted by Gasteiger charge is 2.84. The van der Waals surface area contributed by atoms with E-state index in [1.165, 1.54) is 0 Å². The highest BCUT2D eigenvalue weighted by molar-refractivity contribution is 4.83. The van der Waals surface area contributed by atoms with E-state index in [4.69, 9.17) is 0 Å². The van der Waals surface area contributed by atoms with E-state index < -0.39 is 23.1 Å². The van der Waals surface area contributed by atoms with Crippen LogP contribution >= 0.6 is 0 Å². The maximum atomic E-state index is 12.0. The second-order valence-corrected chi connectivity index (χ2v) is 1.87. The second kappa shape index (κ2) is 2.70. The molecule has 0 spiro atoms. The normalized spacial score (nSPS) is 14.4. The van der Waals surface area contributed by atoms with Crippen molar-refractivity contribution in [3.63, 3.8) is 0 Å². The number of hydrogen-bond acceptors (Lipinski definition) is 2. The molecule has 0 fully saturated rings. The molecule has 78 valence electrons. The van der Waals surface area contributed by atoms with Gasteiger partial charge in [-0.15, -0.1) is 4.39 Å². The van der Waals surface area contributed by atoms with Crippen molar-refractivity contribution < 1.29 is 35.7 Å². The quantitative estimate of drug-likeness (QED) is 0.290. The third kappa shape index (κ3) is 1.65. The predicted molar refractivity (Wildman–Crippen MR) is 22.9 cm³/mol. The lowest BCUT2D eigenvalue weighted by Gasteiger charge is -2.20. The molecule has 0 bridgehead atoms. The maximum Gasteiger partial charge on any atom is 0.547 e. The van der Waals surface area contributed by atoms with Gasteiger partial charge in [-0.05, 0) is 0 Å². The summed E-state index contributed by atoms with van der Waals surface area (Å²) in [7, 11) is 0. The van der Waals surface area contributed by atoms with Crippen molar-refractivity contribution >= 4 is 0 Å². The number of nitro groups is 1. The van der Waals surface area contributed by atoms with E-state index in [1.54, 1.807) is 0 Å². The van der Waals surface area contributed by atoms with Crippen LogP contribution < -0.4 is 0 Å². The molecular formula is C3F7NO2. The summed E-state index contributed by atoms with van der Waals surface area (Å²) >= 11 is 0. The molecule has 0 unspecified atom stereocenters. The molecule has 0 atom stereocenters. The van der Waals surface area contributed by atoms with Crippen molar-refractivity contribution in [3.8, 4) is 0 Å². The minimum atomic E-state index is -6.63. The Morgan fingerprint density at radius 1 is 0.846 bits per heavy atom. The summed E-state index contributed by atoms with van der Waals surface area (Å²) in [5.41, 5.74) is 0. The lowest BCUT2D eigenvalue weighted by molar-refractivity contribution is -0.689. The molecule has 13 heavy (non-hydrogen) atoms. The first-order valence-corrected chi connectivity index (χ1v) is 2.41. The van der Waals surface area contributed by atoms with Crippen molar-refractivity contribution in [2.45, 2.75) is 18.1 Å². The predicted octanol–water partition coefficient (Wildman–Crippen LogP) is 2.05. The van der Waals surface area contributed by atoms with Gasteiger partial charge in [0.2, 0.25) is 0 Å². The first-order chi connectivity index (χ1) is 5.44. The molecule has 10 heteroatoms. The van der Waals surface area contributed by atoms with Crippen LogP contribution in [0.5, 0.6) is 0 Å². The minimum Gasteiger partial charge on any atom is -0.261 e. The molecular weight excluding hydrogens is 215 g/mol. The Balaban J connectivity index is 5.35. The van der Waals surface area contributed by atoms with E-state index in [1.807, 2.05) is 0 Å². The van der Waals surface area contributed by atoms with Crippen molar-refractivity contribution in [2.75, 3.05) is 0 Å². The fourth-order valence-corrected chi connectivity index (χ4v) is 0.368. The monoisotopic (exact) mass is 215 g/mol. The summed E-state index contributed by atoms with van der Waals surface area (Å²) in [5.74, 6) is -6.40. The van der Waals surface area contributed by atoms with Crippen LogP contribution in [-0.4, -0.2) is 23.1 Å². The highest BCUT2D eigenvalue weighted by atomic mass is 19.4. The Bertz CT molecular complexity index is 203. The summed E-state index contributed by atoms with van der Waals surface area (Å²) in [6.07, 6.45) is -13.3. The molecule has 0 amide bonds. The molecule has 0 aliphatic rings. The Morgan fingerprint density at radius 3 is 1.08 bits per heavy atom. The summed E-state index contributed by atoms with van der Waals surface area (Å²) in [5, 5.41) is 9.31. The Morgan fingerprint density at radius 2 is 1.08 bits per heavy atom. The number of rotatable bonds is 1. The largest absolute Gasteiger partial charge is 0.547 e. The van der Waals surface area contributed by atoms with Crippen molar-refractivity contribution in [3.05, 3.63) is 10.1 Å². The van der Waals surface area contributed by atoms with Gasteiger partial charge >= 0.3 is 18.1 Å². The Kier molecular flexibility index (Phi) is 2.48. The van der Waals surface area contributed by atoms with Crippen LogP contribution in [0.15, 0.2) is 0 Å². The average Bonchev–Trinajstić information content (AvgIpc) is 1.80. The van der Waals surface area contributed by atoms with Gasteiger partial charge in [-0.25, -0.2) is 0 Å². The third-order valence-corrected chi connectivity index (χ3v) is 1.00. The van der Waals surface area contributed by atoms with Crippen LogP contribution in [-0.2, 0) is 0 Å². The van der Waals surface area contributed by atoms with Crippen LogP contribution in [0.3, 0.4) is 0 Å². The van der Waals surface area contributed by atoms with Gasteiger partial charge in [0.1, 0.15) is 0 Å². The summed E-state index contributed by atoms with van der Waals surface area (Å²) in [6, 6.07) is 0. The van der Waals surface area contributed by atoms with Crippen LogP contribution in [0, 0.1) is 10.1 Å². The van der Waals surface area contributed by atoms with Gasteiger partial charge in [0.25, 0.3) is 0 Å². The number of halogens is 7. The van der Waals surface area contributed by atoms with Crippen LogP contribution in [0.2, 0.25) is 0 Å². The Labute approximate surface area is 65.3 Å². The summed E-state index contributed by atoms with van der Waals surface area (Å²) in [6.45, 7) is 0. The third-order valence-electron chi connectivity index (χ3n) is 1.00. The number of hydrogen-bond donors (Lipinski definition) is 0. The topological polar surface area (TPSA) is 43.1 Å². The van der Waals surface area contributed by atoms with Crippen molar-refractivity contribution in [1.29, 1.82) is 0 Å². The fourth-order valence-electron chi connectivity index (χ4n) is 0.368. The zero-order valence-corrected chi connectivity index (χ0v) is 5.41. The molecule has 0 N–H and O–H groups in total. The van der Waals surface area contributed by atoms with E-state index in [0.717, 1.165) is 0 Å². The first kappa shape index (κ1) is 11.9. The van der Waals surface area contributed by atoms with Crippen LogP contribution in [0.1, 0.15) is 0 Å². The molecule has 0 saturated carbocycles. The van der Waals surface area contributed by atoms with E-state index in [0.29, 0.717) is 0 Å². The van der Waals surface area contributed by atoms with E-state index in [-0.39, 0.29) is 0 Å². The summed E-state index contributed by atoms with van der Waals surface area (Å²) in [4.78, 5) is 6.24. The van der Waals surface area contributed by atoms with Gasteiger partial charge < -0.3 is 0 Å². The van der Waals surface area contributed by atoms with E-state index in [9.17, 15) is 40.8 Å². The molecule has 0 rings (SSSR count). The second-order valence-electron chi connectivity index (χ2n) is 1.87. The SMILES string of the molecule is O=[N+]([O-])C(F)(C(F)(F)F)C(F)(F)F. The molecule has 0 aromatic heterocycles. The zero-order chi connectivity index (χ0) is 11.1. The van der Waals surface area contributed by atoms with Gasteiger partial charge in [-0.1, -0.05) is 0 Å².